The number of carbonyl (C=O) groups is 2. The van der Waals surface area contributed by atoms with Crippen molar-refractivity contribution in [3.8, 4) is 11.5 Å². The minimum Gasteiger partial charge on any atom is -0.493 e. The maximum absolute atomic E-state index is 12.6. The van der Waals surface area contributed by atoms with Crippen LogP contribution in [0.4, 0.5) is 0 Å². The first-order valence-corrected chi connectivity index (χ1v) is 8.74. The van der Waals surface area contributed by atoms with Gasteiger partial charge in [-0.1, -0.05) is 18.2 Å². The number of nitrogens with zero attached hydrogens (tertiary/aromatic N) is 1. The zero-order valence-electron chi connectivity index (χ0n) is 16.2. The summed E-state index contributed by atoms with van der Waals surface area (Å²) in [6.45, 7) is 3.23. The molecule has 3 aromatic rings. The Morgan fingerprint density at radius 1 is 0.964 bits per heavy atom. The molecule has 1 aromatic heterocycles. The third kappa shape index (κ3) is 3.67. The van der Waals surface area contributed by atoms with E-state index in [0.717, 1.165) is 16.5 Å². The molecule has 0 fully saturated rings. The highest BCUT2D eigenvalue weighted by Crippen LogP contribution is 2.28. The molecule has 0 aliphatic carbocycles. The number of methoxy groups -OCH3 is 2. The molecule has 144 valence electrons. The summed E-state index contributed by atoms with van der Waals surface area (Å²) in [5.41, 5.74) is 2.93. The number of ketones is 1. The molecule has 0 aliphatic heterocycles. The summed E-state index contributed by atoms with van der Waals surface area (Å²) in [5.74, 6) is 0.0510. The molecule has 6 nitrogen and oxygen atoms in total. The Balaban J connectivity index is 1.79. The second-order valence-corrected chi connectivity index (χ2v) is 6.28. The van der Waals surface area contributed by atoms with E-state index < -0.39 is 5.97 Å². The molecule has 0 aliphatic rings. The van der Waals surface area contributed by atoms with Gasteiger partial charge in [0.05, 0.1) is 31.0 Å². The van der Waals surface area contributed by atoms with E-state index in [0.29, 0.717) is 28.3 Å². The van der Waals surface area contributed by atoms with Crippen LogP contribution in [0, 0.1) is 13.8 Å². The van der Waals surface area contributed by atoms with Gasteiger partial charge in [-0.25, -0.2) is 4.79 Å². The molecule has 0 saturated heterocycles. The Labute approximate surface area is 163 Å². The molecule has 0 atom stereocenters. The van der Waals surface area contributed by atoms with E-state index in [1.165, 1.54) is 14.2 Å². The smallest absolute Gasteiger partial charge is 0.340 e. The maximum Gasteiger partial charge on any atom is 0.340 e. The first-order valence-electron chi connectivity index (χ1n) is 8.74. The van der Waals surface area contributed by atoms with Crippen LogP contribution in [0.25, 0.3) is 10.9 Å². The van der Waals surface area contributed by atoms with Gasteiger partial charge in [0.25, 0.3) is 0 Å². The lowest BCUT2D eigenvalue weighted by atomic mass is 10.0. The average molecular weight is 379 g/mol. The topological polar surface area (TPSA) is 74.7 Å². The standard InChI is InChI=1S/C22H21NO5/c1-13-16-7-5-6-8-17(16)23-14(2)21(13)22(25)28-12-18(24)15-9-10-19(26-3)20(11-15)27-4/h5-11H,12H2,1-4H3. The first-order chi connectivity index (χ1) is 13.5. The van der Waals surface area contributed by atoms with Gasteiger partial charge >= 0.3 is 5.97 Å². The van der Waals surface area contributed by atoms with E-state index in [2.05, 4.69) is 4.98 Å². The molecule has 2 aromatic carbocycles. The molecule has 0 amide bonds. The molecule has 0 N–H and O–H groups in total. The Morgan fingerprint density at radius 2 is 1.68 bits per heavy atom. The quantitative estimate of drug-likeness (QED) is 0.478. The predicted octanol–water partition coefficient (Wildman–Crippen LogP) is 3.91. The van der Waals surface area contributed by atoms with Crippen LogP contribution in [0.3, 0.4) is 0 Å². The van der Waals surface area contributed by atoms with Gasteiger partial charge < -0.3 is 14.2 Å². The third-order valence-electron chi connectivity index (χ3n) is 4.58. The zero-order chi connectivity index (χ0) is 20.3. The van der Waals surface area contributed by atoms with Crippen LogP contribution in [0.15, 0.2) is 42.5 Å². The molecule has 28 heavy (non-hydrogen) atoms. The number of hydrogen-bond acceptors (Lipinski definition) is 6. The molecule has 0 bridgehead atoms. The van der Waals surface area contributed by atoms with Gasteiger partial charge in [0.15, 0.2) is 23.9 Å². The summed E-state index contributed by atoms with van der Waals surface area (Å²) in [6, 6.07) is 12.4. The highest BCUT2D eigenvalue weighted by atomic mass is 16.5. The van der Waals surface area contributed by atoms with Crippen LogP contribution in [0.5, 0.6) is 11.5 Å². The predicted molar refractivity (Wildman–Crippen MR) is 105 cm³/mol. The normalized spacial score (nSPS) is 10.6. The van der Waals surface area contributed by atoms with Gasteiger partial charge in [0, 0.05) is 10.9 Å². The number of Topliss-reactive ketones (excluding diaryl/α,β-unsaturated/α-hetero) is 1. The van der Waals surface area contributed by atoms with Crippen molar-refractivity contribution >= 4 is 22.7 Å². The van der Waals surface area contributed by atoms with Crippen molar-refractivity contribution in [3.05, 3.63) is 64.8 Å². The molecule has 0 spiro atoms. The van der Waals surface area contributed by atoms with Crippen molar-refractivity contribution in [3.63, 3.8) is 0 Å². The van der Waals surface area contributed by atoms with Gasteiger partial charge in [-0.2, -0.15) is 0 Å². The fourth-order valence-electron chi connectivity index (χ4n) is 3.13. The van der Waals surface area contributed by atoms with Crippen LogP contribution in [-0.4, -0.2) is 37.6 Å². The molecule has 6 heteroatoms. The van der Waals surface area contributed by atoms with Crippen LogP contribution >= 0.6 is 0 Å². The number of carbonyl (C=O) groups excluding carboxylic acids is 2. The van der Waals surface area contributed by atoms with Gasteiger partial charge in [-0.15, -0.1) is 0 Å². The average Bonchev–Trinajstić information content (AvgIpc) is 2.71. The van der Waals surface area contributed by atoms with Crippen molar-refractivity contribution in [1.29, 1.82) is 0 Å². The highest BCUT2D eigenvalue weighted by Gasteiger charge is 2.19. The lowest BCUT2D eigenvalue weighted by Crippen LogP contribution is -2.17. The number of rotatable bonds is 6. The summed E-state index contributed by atoms with van der Waals surface area (Å²) < 4.78 is 15.6. The van der Waals surface area contributed by atoms with Crippen LogP contribution in [-0.2, 0) is 4.74 Å². The van der Waals surface area contributed by atoms with Crippen molar-refractivity contribution in [1.82, 2.24) is 4.98 Å². The molecule has 0 unspecified atom stereocenters. The number of hydrogen-bond donors (Lipinski definition) is 0. The van der Waals surface area contributed by atoms with Gasteiger partial charge in [-0.3, -0.25) is 9.78 Å². The number of ether oxygens (including phenoxy) is 3. The van der Waals surface area contributed by atoms with E-state index in [1.807, 2.05) is 31.2 Å². The van der Waals surface area contributed by atoms with Crippen LogP contribution in [0.1, 0.15) is 32.0 Å². The summed E-state index contributed by atoms with van der Waals surface area (Å²) in [4.78, 5) is 29.5. The number of para-hydroxylation sites is 1. The summed E-state index contributed by atoms with van der Waals surface area (Å²) >= 11 is 0. The largest absolute Gasteiger partial charge is 0.493 e. The molecule has 0 radical (unpaired) electrons. The number of aryl methyl sites for hydroxylation is 2. The summed E-state index contributed by atoms with van der Waals surface area (Å²) in [7, 11) is 3.01. The Hall–Kier alpha value is -3.41. The number of benzene rings is 2. The van der Waals surface area contributed by atoms with Gasteiger partial charge in [0.1, 0.15) is 0 Å². The summed E-state index contributed by atoms with van der Waals surface area (Å²) in [5, 5.41) is 0.881. The molecular formula is C22H21NO5. The second-order valence-electron chi connectivity index (χ2n) is 6.28. The third-order valence-corrected chi connectivity index (χ3v) is 4.58. The zero-order valence-corrected chi connectivity index (χ0v) is 16.2. The lowest BCUT2D eigenvalue weighted by Gasteiger charge is -2.12. The fourth-order valence-corrected chi connectivity index (χ4v) is 3.13. The van der Waals surface area contributed by atoms with Crippen molar-refractivity contribution in [2.75, 3.05) is 20.8 Å². The minimum absolute atomic E-state index is 0.335. The Kier molecular flexibility index (Phi) is 5.59. The highest BCUT2D eigenvalue weighted by molar-refractivity contribution is 6.02. The minimum atomic E-state index is -0.568. The number of aromatic nitrogens is 1. The molecule has 3 rings (SSSR count). The van der Waals surface area contributed by atoms with E-state index in [4.69, 9.17) is 14.2 Å². The Bertz CT molecular complexity index is 1060. The molecular weight excluding hydrogens is 358 g/mol. The number of fused-ring (bicyclic) bond motifs is 1. The van der Waals surface area contributed by atoms with Gasteiger partial charge in [0.2, 0.25) is 0 Å². The van der Waals surface area contributed by atoms with E-state index in [1.54, 1.807) is 25.1 Å². The second kappa shape index (κ2) is 8.08. The van der Waals surface area contributed by atoms with Crippen molar-refractivity contribution in [2.45, 2.75) is 13.8 Å². The number of pyridine rings is 1. The number of esters is 1. The SMILES string of the molecule is COc1ccc(C(=O)COC(=O)c2c(C)nc3ccccc3c2C)cc1OC. The first kappa shape index (κ1) is 19.4. The van der Waals surface area contributed by atoms with Crippen molar-refractivity contribution in [2.24, 2.45) is 0 Å². The van der Waals surface area contributed by atoms with E-state index in [9.17, 15) is 9.59 Å². The monoisotopic (exact) mass is 379 g/mol. The van der Waals surface area contributed by atoms with Crippen molar-refractivity contribution < 1.29 is 23.8 Å². The van der Waals surface area contributed by atoms with Crippen LogP contribution in [0.2, 0.25) is 0 Å². The van der Waals surface area contributed by atoms with E-state index >= 15 is 0 Å². The molecule has 1 heterocycles. The van der Waals surface area contributed by atoms with E-state index in [-0.39, 0.29) is 12.4 Å². The Morgan fingerprint density at radius 3 is 2.39 bits per heavy atom. The lowest BCUT2D eigenvalue weighted by molar-refractivity contribution is 0.0473. The van der Waals surface area contributed by atoms with Gasteiger partial charge in [-0.05, 0) is 43.7 Å². The molecule has 0 saturated carbocycles. The fraction of sp³-hybridized carbons (Fsp3) is 0.227. The van der Waals surface area contributed by atoms with Crippen LogP contribution < -0.4 is 9.47 Å². The summed E-state index contributed by atoms with van der Waals surface area (Å²) in [6.07, 6.45) is 0. The maximum atomic E-state index is 12.6.